The lowest BCUT2D eigenvalue weighted by atomic mass is 9.84. The number of nitrogens with zero attached hydrogens (tertiary/aromatic N) is 3. The average molecular weight is 879 g/mol. The van der Waals surface area contributed by atoms with Crippen LogP contribution in [0, 0.1) is 0 Å². The molecule has 9 rings (SSSR count). The summed E-state index contributed by atoms with van der Waals surface area (Å²) in [6.45, 7) is 5.50. The molecule has 332 valence electrons. The van der Waals surface area contributed by atoms with Gasteiger partial charge in [0.05, 0.1) is 81.9 Å². The van der Waals surface area contributed by atoms with Gasteiger partial charge in [-0.05, 0) is 106 Å². The third-order valence-electron chi connectivity index (χ3n) is 13.8. The van der Waals surface area contributed by atoms with Crippen molar-refractivity contribution in [3.05, 3.63) is 179 Å². The first-order valence-electron chi connectivity index (χ1n) is 22.2. The van der Waals surface area contributed by atoms with Crippen molar-refractivity contribution in [2.45, 2.75) is 35.5 Å². The molecule has 0 unspecified atom stereocenters. The van der Waals surface area contributed by atoms with Crippen LogP contribution < -0.4 is 28.4 Å². The highest BCUT2D eigenvalue weighted by atomic mass is 32.2. The molecule has 0 N–H and O–H groups in total. The van der Waals surface area contributed by atoms with Crippen LogP contribution >= 0.6 is 0 Å². The van der Waals surface area contributed by atoms with Crippen LogP contribution in [0.5, 0.6) is 34.5 Å². The molecule has 0 aliphatic carbocycles. The first-order valence-corrected chi connectivity index (χ1v) is 23.3. The van der Waals surface area contributed by atoms with Crippen molar-refractivity contribution in [1.29, 1.82) is 0 Å². The first-order chi connectivity index (χ1) is 31.4. The van der Waals surface area contributed by atoms with Crippen LogP contribution in [-0.2, 0) is 11.5 Å². The van der Waals surface area contributed by atoms with Crippen molar-refractivity contribution in [2.24, 2.45) is 0 Å². The van der Waals surface area contributed by atoms with E-state index in [-0.39, 0.29) is 35.5 Å². The van der Waals surface area contributed by atoms with Crippen molar-refractivity contribution in [3.63, 3.8) is 0 Å². The topological polar surface area (TPSA) is 65.1 Å². The van der Waals surface area contributed by atoms with Crippen LogP contribution in [0.25, 0.3) is 0 Å². The standard InChI is InChI=1S/C54H60N3O6S/c1-58-43-19-7-37(8-20-43)49-31-55(32-50(49)38-9-21-44(59-2)22-10-38)64(56-33-51(39-11-23-45(60-3)24-12-39)52(34-56)40-13-25-46(61-4)26-14-40)57-35-53(41-15-27-47(62-5)28-16-41)54(36-57)42-17-29-48(63-6)30-18-42/h7-30,49-54H,31-36H2,1-6H3/q+1/t49-,50-,51-,52-,53-,54-/m0/s1. The molecule has 6 aromatic rings. The fraction of sp³-hybridized carbons (Fsp3) is 0.333. The molecule has 3 heterocycles. The van der Waals surface area contributed by atoms with E-state index >= 15 is 0 Å². The molecule has 0 saturated carbocycles. The molecule has 3 aliphatic rings. The summed E-state index contributed by atoms with van der Waals surface area (Å²) in [6.07, 6.45) is 0. The molecule has 3 aliphatic heterocycles. The van der Waals surface area contributed by atoms with E-state index in [1.54, 1.807) is 42.7 Å². The second-order valence-electron chi connectivity index (χ2n) is 17.1. The van der Waals surface area contributed by atoms with Gasteiger partial charge in [-0.3, -0.25) is 0 Å². The van der Waals surface area contributed by atoms with Gasteiger partial charge in [0.1, 0.15) is 34.5 Å². The minimum atomic E-state index is -0.401. The largest absolute Gasteiger partial charge is 0.497 e. The quantitative estimate of drug-likeness (QED) is 0.0939. The van der Waals surface area contributed by atoms with Crippen molar-refractivity contribution < 1.29 is 28.4 Å². The van der Waals surface area contributed by atoms with E-state index < -0.39 is 11.5 Å². The maximum Gasteiger partial charge on any atom is 0.268 e. The zero-order chi connectivity index (χ0) is 44.2. The molecule has 3 fully saturated rings. The minimum absolute atomic E-state index is 0.268. The first kappa shape index (κ1) is 43.6. The fourth-order valence-electron chi connectivity index (χ4n) is 10.3. The SMILES string of the molecule is COc1ccc([C@@H]2CN([S+](N3C[C@@H](c4ccc(OC)cc4)[C@H](c4ccc(OC)cc4)C3)N3C[C@@H](c4ccc(OC)cc4)[C@H](c4ccc(OC)cc4)C3)C[C@H]2c2ccc(OC)cc2)cc1. The van der Waals surface area contributed by atoms with E-state index in [1.165, 1.54) is 33.4 Å². The third-order valence-corrected chi connectivity index (χ3v) is 16.1. The molecule has 3 saturated heterocycles. The zero-order valence-electron chi connectivity index (χ0n) is 37.8. The van der Waals surface area contributed by atoms with Gasteiger partial charge in [0.15, 0.2) is 0 Å². The maximum atomic E-state index is 5.64. The van der Waals surface area contributed by atoms with E-state index in [9.17, 15) is 0 Å². The van der Waals surface area contributed by atoms with Crippen LogP contribution in [0.1, 0.15) is 68.9 Å². The highest BCUT2D eigenvalue weighted by Crippen LogP contribution is 2.50. The summed E-state index contributed by atoms with van der Waals surface area (Å²) in [7, 11) is 10.4. The number of hydrogen-bond donors (Lipinski definition) is 0. The summed E-state index contributed by atoms with van der Waals surface area (Å²) in [6, 6.07) is 52.6. The van der Waals surface area contributed by atoms with Crippen molar-refractivity contribution in [1.82, 2.24) is 12.9 Å². The Balaban J connectivity index is 1.15. The number of methoxy groups -OCH3 is 6. The van der Waals surface area contributed by atoms with Gasteiger partial charge in [-0.15, -0.1) is 0 Å². The van der Waals surface area contributed by atoms with Crippen molar-refractivity contribution >= 4 is 11.5 Å². The van der Waals surface area contributed by atoms with Crippen LogP contribution in [0.3, 0.4) is 0 Å². The fourth-order valence-corrected chi connectivity index (χ4v) is 13.1. The second-order valence-corrected chi connectivity index (χ2v) is 19.1. The summed E-state index contributed by atoms with van der Waals surface area (Å²) in [4.78, 5) is 0. The summed E-state index contributed by atoms with van der Waals surface area (Å²) < 4.78 is 42.3. The molecule has 10 heteroatoms. The normalized spacial score (nSPS) is 22.7. The summed E-state index contributed by atoms with van der Waals surface area (Å²) in [5, 5.41) is 0. The number of hydrogen-bond acceptors (Lipinski definition) is 9. The van der Waals surface area contributed by atoms with Gasteiger partial charge in [-0.25, -0.2) is 0 Å². The van der Waals surface area contributed by atoms with Crippen LogP contribution in [0.15, 0.2) is 146 Å². The average Bonchev–Trinajstić information content (AvgIpc) is 4.13. The van der Waals surface area contributed by atoms with Gasteiger partial charge < -0.3 is 28.4 Å². The number of ether oxygens (including phenoxy) is 6. The molecule has 0 radical (unpaired) electrons. The summed E-state index contributed by atoms with van der Waals surface area (Å²) in [5.74, 6) is 6.84. The molecule has 6 atom stereocenters. The molecule has 0 aromatic heterocycles. The smallest absolute Gasteiger partial charge is 0.268 e. The Morgan fingerprint density at radius 1 is 0.266 bits per heavy atom. The van der Waals surface area contributed by atoms with Gasteiger partial charge >= 0.3 is 0 Å². The lowest BCUT2D eigenvalue weighted by Gasteiger charge is -2.28. The summed E-state index contributed by atoms with van der Waals surface area (Å²) >= 11 is -0.401. The Kier molecular flexibility index (Phi) is 13.4. The lowest BCUT2D eigenvalue weighted by Crippen LogP contribution is -2.51. The van der Waals surface area contributed by atoms with Gasteiger partial charge in [0.25, 0.3) is 11.5 Å². The second kappa shape index (κ2) is 19.6. The third kappa shape index (κ3) is 9.02. The highest BCUT2D eigenvalue weighted by molar-refractivity contribution is 7.90. The lowest BCUT2D eigenvalue weighted by molar-refractivity contribution is 0.404. The van der Waals surface area contributed by atoms with E-state index in [2.05, 4.69) is 159 Å². The predicted octanol–water partition coefficient (Wildman–Crippen LogP) is 10.1. The molecule has 64 heavy (non-hydrogen) atoms. The van der Waals surface area contributed by atoms with E-state index in [0.717, 1.165) is 73.8 Å². The Morgan fingerprint density at radius 2 is 0.406 bits per heavy atom. The minimum Gasteiger partial charge on any atom is -0.497 e. The Labute approximate surface area is 382 Å². The van der Waals surface area contributed by atoms with Gasteiger partial charge in [-0.2, -0.15) is 0 Å². The van der Waals surface area contributed by atoms with Gasteiger partial charge in [0, 0.05) is 35.5 Å². The maximum absolute atomic E-state index is 5.64. The Morgan fingerprint density at radius 3 is 0.531 bits per heavy atom. The van der Waals surface area contributed by atoms with Gasteiger partial charge in [0.2, 0.25) is 0 Å². The van der Waals surface area contributed by atoms with E-state index in [4.69, 9.17) is 28.4 Å². The number of rotatable bonds is 15. The van der Waals surface area contributed by atoms with Crippen LogP contribution in [0.2, 0.25) is 0 Å². The van der Waals surface area contributed by atoms with Crippen LogP contribution in [-0.4, -0.2) is 94.8 Å². The molecule has 0 amide bonds. The van der Waals surface area contributed by atoms with E-state index in [1.807, 2.05) is 0 Å². The highest BCUT2D eigenvalue weighted by Gasteiger charge is 2.57. The summed E-state index contributed by atoms with van der Waals surface area (Å²) in [5.41, 5.74) is 7.97. The zero-order valence-corrected chi connectivity index (χ0v) is 38.6. The molecule has 0 spiro atoms. The molecule has 6 aromatic carbocycles. The Bertz CT molecular complexity index is 1980. The van der Waals surface area contributed by atoms with Crippen molar-refractivity contribution in [2.75, 3.05) is 81.9 Å². The molecule has 0 bridgehead atoms. The monoisotopic (exact) mass is 878 g/mol. The molecular formula is C54H60N3O6S+. The number of benzene rings is 6. The van der Waals surface area contributed by atoms with Crippen molar-refractivity contribution in [3.8, 4) is 34.5 Å². The molecular weight excluding hydrogens is 819 g/mol. The predicted molar refractivity (Wildman–Crippen MR) is 256 cm³/mol. The van der Waals surface area contributed by atoms with E-state index in [0.29, 0.717) is 0 Å². The van der Waals surface area contributed by atoms with Gasteiger partial charge in [-0.1, -0.05) is 85.7 Å². The Hall–Kier alpha value is -5.65. The van der Waals surface area contributed by atoms with Crippen LogP contribution in [0.4, 0.5) is 0 Å². The molecule has 9 nitrogen and oxygen atoms in total.